The molecular weight excluding hydrogens is 254 g/mol. The molecule has 0 fully saturated rings. The molecular formula is C13H16F2N2O2. The summed E-state index contributed by atoms with van der Waals surface area (Å²) in [6.07, 6.45) is 0. The maximum absolute atomic E-state index is 13.5. The molecule has 0 unspecified atom stereocenters. The quantitative estimate of drug-likeness (QED) is 0.832. The van der Waals surface area contributed by atoms with Gasteiger partial charge in [-0.3, -0.25) is 9.59 Å². The summed E-state index contributed by atoms with van der Waals surface area (Å²) in [5, 5.41) is 0. The van der Waals surface area contributed by atoms with Crippen molar-refractivity contribution in [3.8, 4) is 0 Å². The van der Waals surface area contributed by atoms with Gasteiger partial charge in [0.05, 0.1) is 12.1 Å². The standard InChI is InChI=1S/C13H16F2N2O2/c1-4-17(8-11(18)16(2)3)13(19)9-6-5-7-10(14)12(9)15/h5-7H,4,8H2,1-3H3. The van der Waals surface area contributed by atoms with Crippen molar-refractivity contribution in [2.75, 3.05) is 27.2 Å². The maximum atomic E-state index is 13.5. The number of halogens is 2. The van der Waals surface area contributed by atoms with Crippen molar-refractivity contribution in [1.82, 2.24) is 9.80 Å². The molecule has 1 aromatic rings. The van der Waals surface area contributed by atoms with E-state index in [0.717, 1.165) is 6.07 Å². The summed E-state index contributed by atoms with van der Waals surface area (Å²) in [4.78, 5) is 26.1. The Hall–Kier alpha value is -1.98. The van der Waals surface area contributed by atoms with E-state index in [4.69, 9.17) is 0 Å². The molecule has 2 amide bonds. The number of rotatable bonds is 4. The predicted molar refractivity (Wildman–Crippen MR) is 66.6 cm³/mol. The molecule has 0 saturated heterocycles. The van der Waals surface area contributed by atoms with Gasteiger partial charge in [-0.05, 0) is 19.1 Å². The summed E-state index contributed by atoms with van der Waals surface area (Å²) >= 11 is 0. The van der Waals surface area contributed by atoms with E-state index in [2.05, 4.69) is 0 Å². The molecule has 1 rings (SSSR count). The molecule has 4 nitrogen and oxygen atoms in total. The van der Waals surface area contributed by atoms with E-state index in [-0.39, 0.29) is 24.6 Å². The zero-order valence-electron chi connectivity index (χ0n) is 11.1. The van der Waals surface area contributed by atoms with Crippen LogP contribution >= 0.6 is 0 Å². The summed E-state index contributed by atoms with van der Waals surface area (Å²) < 4.78 is 26.6. The number of carbonyl (C=O) groups is 2. The van der Waals surface area contributed by atoms with Crippen molar-refractivity contribution >= 4 is 11.8 Å². The van der Waals surface area contributed by atoms with Gasteiger partial charge < -0.3 is 9.80 Å². The first kappa shape index (κ1) is 15.1. The minimum Gasteiger partial charge on any atom is -0.347 e. The SMILES string of the molecule is CCN(CC(=O)N(C)C)C(=O)c1cccc(F)c1F. The van der Waals surface area contributed by atoms with Gasteiger partial charge in [0.2, 0.25) is 5.91 Å². The number of carbonyl (C=O) groups excluding carboxylic acids is 2. The van der Waals surface area contributed by atoms with Crippen molar-refractivity contribution in [2.45, 2.75) is 6.92 Å². The molecule has 19 heavy (non-hydrogen) atoms. The second-order valence-electron chi connectivity index (χ2n) is 4.21. The molecule has 0 atom stereocenters. The van der Waals surface area contributed by atoms with Crippen LogP contribution in [0.1, 0.15) is 17.3 Å². The number of hydrogen-bond acceptors (Lipinski definition) is 2. The largest absolute Gasteiger partial charge is 0.347 e. The molecule has 0 aromatic heterocycles. The fourth-order valence-corrected chi connectivity index (χ4v) is 1.47. The fourth-order valence-electron chi connectivity index (χ4n) is 1.47. The Bertz CT molecular complexity index is 490. The Kier molecular flexibility index (Phi) is 4.97. The van der Waals surface area contributed by atoms with E-state index < -0.39 is 17.5 Å². The van der Waals surface area contributed by atoms with Gasteiger partial charge in [-0.2, -0.15) is 0 Å². The van der Waals surface area contributed by atoms with Gasteiger partial charge in [-0.1, -0.05) is 6.07 Å². The van der Waals surface area contributed by atoms with E-state index in [1.807, 2.05) is 0 Å². The lowest BCUT2D eigenvalue weighted by Crippen LogP contribution is -2.40. The van der Waals surface area contributed by atoms with Crippen LogP contribution < -0.4 is 0 Å². The third-order valence-electron chi connectivity index (χ3n) is 2.68. The molecule has 1 aromatic carbocycles. The molecule has 0 bridgehead atoms. The van der Waals surface area contributed by atoms with Gasteiger partial charge in [0.1, 0.15) is 0 Å². The monoisotopic (exact) mass is 270 g/mol. The van der Waals surface area contributed by atoms with Crippen molar-refractivity contribution in [2.24, 2.45) is 0 Å². The molecule has 0 saturated carbocycles. The van der Waals surface area contributed by atoms with Gasteiger partial charge in [0, 0.05) is 20.6 Å². The van der Waals surface area contributed by atoms with E-state index in [0.29, 0.717) is 0 Å². The molecule has 0 radical (unpaired) electrons. The Morgan fingerprint density at radius 2 is 1.84 bits per heavy atom. The number of hydrogen-bond donors (Lipinski definition) is 0. The van der Waals surface area contributed by atoms with Crippen LogP contribution in [0.15, 0.2) is 18.2 Å². The lowest BCUT2D eigenvalue weighted by atomic mass is 10.1. The third-order valence-corrected chi connectivity index (χ3v) is 2.68. The number of amides is 2. The minimum atomic E-state index is -1.19. The van der Waals surface area contributed by atoms with Crippen LogP contribution in [0.5, 0.6) is 0 Å². The highest BCUT2D eigenvalue weighted by Crippen LogP contribution is 2.13. The Morgan fingerprint density at radius 3 is 2.37 bits per heavy atom. The van der Waals surface area contributed by atoms with Crippen molar-refractivity contribution in [3.63, 3.8) is 0 Å². The lowest BCUT2D eigenvalue weighted by Gasteiger charge is -2.22. The minimum absolute atomic E-state index is 0.168. The molecule has 0 N–H and O–H groups in total. The first-order valence-electron chi connectivity index (χ1n) is 5.81. The van der Waals surface area contributed by atoms with E-state index in [1.165, 1.54) is 21.9 Å². The molecule has 0 aliphatic rings. The van der Waals surface area contributed by atoms with Crippen molar-refractivity contribution in [1.29, 1.82) is 0 Å². The van der Waals surface area contributed by atoms with Gasteiger partial charge in [0.15, 0.2) is 11.6 Å². The molecule has 6 heteroatoms. The second kappa shape index (κ2) is 6.26. The Morgan fingerprint density at radius 1 is 1.21 bits per heavy atom. The average Bonchev–Trinajstić information content (AvgIpc) is 2.38. The summed E-state index contributed by atoms with van der Waals surface area (Å²) in [6, 6.07) is 3.39. The van der Waals surface area contributed by atoms with E-state index >= 15 is 0 Å². The molecule has 0 spiro atoms. The van der Waals surface area contributed by atoms with Crippen LogP contribution in [0.25, 0.3) is 0 Å². The topological polar surface area (TPSA) is 40.6 Å². The number of likely N-dealkylation sites (N-methyl/N-ethyl adjacent to an activating group) is 2. The summed E-state index contributed by atoms with van der Waals surface area (Å²) in [7, 11) is 3.12. The van der Waals surface area contributed by atoms with Gasteiger partial charge in [-0.25, -0.2) is 8.78 Å². The van der Waals surface area contributed by atoms with Crippen LogP contribution in [0.3, 0.4) is 0 Å². The first-order chi connectivity index (χ1) is 8.88. The maximum Gasteiger partial charge on any atom is 0.257 e. The summed E-state index contributed by atoms with van der Waals surface area (Å²) in [5.74, 6) is -3.26. The average molecular weight is 270 g/mol. The van der Waals surface area contributed by atoms with Crippen molar-refractivity contribution < 1.29 is 18.4 Å². The van der Waals surface area contributed by atoms with Crippen LogP contribution in [-0.2, 0) is 4.79 Å². The van der Waals surface area contributed by atoms with Crippen LogP contribution in [0.4, 0.5) is 8.78 Å². The zero-order chi connectivity index (χ0) is 14.6. The van der Waals surface area contributed by atoms with Crippen molar-refractivity contribution in [3.05, 3.63) is 35.4 Å². The van der Waals surface area contributed by atoms with E-state index in [1.54, 1.807) is 21.0 Å². The smallest absolute Gasteiger partial charge is 0.257 e. The van der Waals surface area contributed by atoms with Crippen LogP contribution in [-0.4, -0.2) is 48.8 Å². The predicted octanol–water partition coefficient (Wildman–Crippen LogP) is 1.52. The van der Waals surface area contributed by atoms with Gasteiger partial charge >= 0.3 is 0 Å². The molecule has 0 aliphatic heterocycles. The highest BCUT2D eigenvalue weighted by molar-refractivity contribution is 5.96. The second-order valence-corrected chi connectivity index (χ2v) is 4.21. The normalized spacial score (nSPS) is 10.2. The molecule has 0 aliphatic carbocycles. The fraction of sp³-hybridized carbons (Fsp3) is 0.385. The highest BCUT2D eigenvalue weighted by atomic mass is 19.2. The molecule has 0 heterocycles. The Labute approximate surface area is 110 Å². The number of nitrogens with zero attached hydrogens (tertiary/aromatic N) is 2. The summed E-state index contributed by atoms with van der Waals surface area (Å²) in [6.45, 7) is 1.73. The van der Waals surface area contributed by atoms with Crippen LogP contribution in [0, 0.1) is 11.6 Å². The van der Waals surface area contributed by atoms with E-state index in [9.17, 15) is 18.4 Å². The third kappa shape index (κ3) is 3.49. The highest BCUT2D eigenvalue weighted by Gasteiger charge is 2.22. The lowest BCUT2D eigenvalue weighted by molar-refractivity contribution is -0.129. The van der Waals surface area contributed by atoms with Gasteiger partial charge in [0.25, 0.3) is 5.91 Å². The number of benzene rings is 1. The summed E-state index contributed by atoms with van der Waals surface area (Å²) in [5.41, 5.74) is -0.367. The first-order valence-corrected chi connectivity index (χ1v) is 5.81. The van der Waals surface area contributed by atoms with Gasteiger partial charge in [-0.15, -0.1) is 0 Å². The zero-order valence-corrected chi connectivity index (χ0v) is 11.1. The Balaban J connectivity index is 2.96. The molecule has 104 valence electrons. The van der Waals surface area contributed by atoms with Crippen LogP contribution in [0.2, 0.25) is 0 Å².